The van der Waals surface area contributed by atoms with E-state index in [2.05, 4.69) is 5.32 Å². The van der Waals surface area contributed by atoms with Gasteiger partial charge in [-0.2, -0.15) is 0 Å². The molecule has 0 bridgehead atoms. The third kappa shape index (κ3) is 5.95. The maximum atomic E-state index is 12.1. The highest BCUT2D eigenvalue weighted by Gasteiger charge is 2.16. The largest absolute Gasteiger partial charge is 0.355 e. The fourth-order valence-corrected chi connectivity index (χ4v) is 2.11. The third-order valence-corrected chi connectivity index (χ3v) is 3.34. The predicted octanol–water partition coefficient (Wildman–Crippen LogP) is 1.45. The van der Waals surface area contributed by atoms with Gasteiger partial charge in [0.15, 0.2) is 0 Å². The Hall–Kier alpha value is -1.88. The van der Waals surface area contributed by atoms with E-state index in [9.17, 15) is 9.59 Å². The molecule has 1 aromatic carbocycles. The molecule has 0 saturated carbocycles. The summed E-state index contributed by atoms with van der Waals surface area (Å²) in [4.78, 5) is 25.2. The lowest BCUT2D eigenvalue weighted by Crippen LogP contribution is -2.40. The second-order valence-electron chi connectivity index (χ2n) is 4.92. The zero-order chi connectivity index (χ0) is 15.7. The van der Waals surface area contributed by atoms with Crippen molar-refractivity contribution in [2.45, 2.75) is 32.7 Å². The van der Waals surface area contributed by atoms with Crippen molar-refractivity contribution in [3.8, 4) is 0 Å². The molecule has 3 N–H and O–H groups in total. The molecule has 0 heterocycles. The molecule has 0 fully saturated rings. The number of carbonyl (C=O) groups is 2. The number of hydrogen-bond acceptors (Lipinski definition) is 3. The molecule has 0 spiro atoms. The van der Waals surface area contributed by atoms with Gasteiger partial charge in [-0.05, 0) is 25.8 Å². The van der Waals surface area contributed by atoms with E-state index in [-0.39, 0.29) is 24.4 Å². The van der Waals surface area contributed by atoms with Gasteiger partial charge in [-0.1, -0.05) is 30.3 Å². The summed E-state index contributed by atoms with van der Waals surface area (Å²) in [6.45, 7) is 4.94. The Morgan fingerprint density at radius 3 is 2.48 bits per heavy atom. The van der Waals surface area contributed by atoms with Crippen LogP contribution in [0.25, 0.3) is 0 Å². The van der Waals surface area contributed by atoms with Gasteiger partial charge in [0, 0.05) is 25.6 Å². The van der Waals surface area contributed by atoms with E-state index in [0.717, 1.165) is 5.56 Å². The molecule has 1 unspecified atom stereocenters. The van der Waals surface area contributed by atoms with Crippen LogP contribution in [0.4, 0.5) is 0 Å². The van der Waals surface area contributed by atoms with Gasteiger partial charge in [0.05, 0.1) is 6.54 Å². The number of nitrogens with zero attached hydrogens (tertiary/aromatic N) is 1. The Balaban J connectivity index is 2.45. The summed E-state index contributed by atoms with van der Waals surface area (Å²) in [7, 11) is 0. The van der Waals surface area contributed by atoms with Gasteiger partial charge in [-0.3, -0.25) is 9.59 Å². The molecule has 5 nitrogen and oxygen atoms in total. The van der Waals surface area contributed by atoms with Crippen molar-refractivity contribution in [3.05, 3.63) is 35.9 Å². The molecule has 1 rings (SSSR count). The van der Waals surface area contributed by atoms with E-state index < -0.39 is 0 Å². The lowest BCUT2D eigenvalue weighted by Gasteiger charge is -2.21. The molecule has 0 saturated heterocycles. The van der Waals surface area contributed by atoms with Crippen molar-refractivity contribution in [1.82, 2.24) is 10.2 Å². The zero-order valence-electron chi connectivity index (χ0n) is 12.8. The fraction of sp³-hybridized carbons (Fsp3) is 0.500. The molecular formula is C16H25N3O2. The molecule has 1 aromatic rings. The van der Waals surface area contributed by atoms with Crippen molar-refractivity contribution >= 4 is 11.8 Å². The van der Waals surface area contributed by atoms with Gasteiger partial charge in [0.25, 0.3) is 0 Å². The zero-order valence-corrected chi connectivity index (χ0v) is 12.8. The summed E-state index contributed by atoms with van der Waals surface area (Å²) >= 11 is 0. The minimum Gasteiger partial charge on any atom is -0.355 e. The number of rotatable bonds is 8. The second-order valence-corrected chi connectivity index (χ2v) is 4.92. The Labute approximate surface area is 126 Å². The molecule has 0 aromatic heterocycles. The van der Waals surface area contributed by atoms with Crippen molar-refractivity contribution in [3.63, 3.8) is 0 Å². The first-order valence-corrected chi connectivity index (χ1v) is 7.43. The van der Waals surface area contributed by atoms with Gasteiger partial charge < -0.3 is 16.0 Å². The summed E-state index contributed by atoms with van der Waals surface area (Å²) in [5.74, 6) is -0.157. The summed E-state index contributed by atoms with van der Waals surface area (Å²) in [5.41, 5.74) is 7.11. The second kappa shape index (κ2) is 9.13. The quantitative estimate of drug-likeness (QED) is 0.761. The average molecular weight is 291 g/mol. The topological polar surface area (TPSA) is 75.4 Å². The summed E-state index contributed by atoms with van der Waals surface area (Å²) in [5, 5.41) is 2.70. The maximum Gasteiger partial charge on any atom is 0.239 e. The highest BCUT2D eigenvalue weighted by molar-refractivity contribution is 5.84. The van der Waals surface area contributed by atoms with Gasteiger partial charge in [0.2, 0.25) is 11.8 Å². The normalized spacial score (nSPS) is 11.8. The minimum atomic E-state index is -0.154. The van der Waals surface area contributed by atoms with Crippen LogP contribution in [0.15, 0.2) is 30.3 Å². The molecule has 5 heteroatoms. The van der Waals surface area contributed by atoms with Gasteiger partial charge in [-0.25, -0.2) is 0 Å². The minimum absolute atomic E-state index is 0.0323. The number of carbonyl (C=O) groups excluding carboxylic acids is 2. The van der Waals surface area contributed by atoms with E-state index >= 15 is 0 Å². The molecule has 0 aliphatic rings. The van der Waals surface area contributed by atoms with Gasteiger partial charge in [0.1, 0.15) is 0 Å². The summed E-state index contributed by atoms with van der Waals surface area (Å²) < 4.78 is 0. The van der Waals surface area contributed by atoms with Crippen LogP contribution in [-0.2, 0) is 9.59 Å². The van der Waals surface area contributed by atoms with Crippen LogP contribution < -0.4 is 11.1 Å². The molecule has 2 amide bonds. The van der Waals surface area contributed by atoms with Crippen LogP contribution in [-0.4, -0.2) is 36.3 Å². The fourth-order valence-electron chi connectivity index (χ4n) is 2.11. The highest BCUT2D eigenvalue weighted by atomic mass is 16.2. The average Bonchev–Trinajstić information content (AvgIpc) is 2.51. The lowest BCUT2D eigenvalue weighted by atomic mass is 10.0. The molecule has 1 atom stereocenters. The number of benzene rings is 1. The lowest BCUT2D eigenvalue weighted by molar-refractivity contribution is -0.136. The first kappa shape index (κ1) is 17.2. The number of hydrogen-bond donors (Lipinski definition) is 2. The van der Waals surface area contributed by atoms with Crippen LogP contribution in [0.5, 0.6) is 0 Å². The number of likely N-dealkylation sites (N-methyl/N-ethyl adjacent to an activating group) is 2. The van der Waals surface area contributed by atoms with Gasteiger partial charge >= 0.3 is 0 Å². The van der Waals surface area contributed by atoms with E-state index in [1.165, 1.54) is 0 Å². The first-order chi connectivity index (χ1) is 10.1. The van der Waals surface area contributed by atoms with E-state index in [0.29, 0.717) is 25.9 Å². The first-order valence-electron chi connectivity index (χ1n) is 7.43. The molecule has 21 heavy (non-hydrogen) atoms. The Bertz CT molecular complexity index is 448. The molecule has 0 radical (unpaired) electrons. The molecule has 0 aliphatic carbocycles. The van der Waals surface area contributed by atoms with Crippen LogP contribution in [0.2, 0.25) is 0 Å². The number of amides is 2. The SMILES string of the molecule is CCNC(=O)CN(CC)C(=O)CCC(N)c1ccccc1. The van der Waals surface area contributed by atoms with Crippen molar-refractivity contribution in [2.24, 2.45) is 5.73 Å². The molecule has 116 valence electrons. The Morgan fingerprint density at radius 2 is 1.90 bits per heavy atom. The third-order valence-electron chi connectivity index (χ3n) is 3.34. The van der Waals surface area contributed by atoms with Crippen LogP contribution in [0, 0.1) is 0 Å². The van der Waals surface area contributed by atoms with Crippen LogP contribution >= 0.6 is 0 Å². The Kier molecular flexibility index (Phi) is 7.46. The van der Waals surface area contributed by atoms with Crippen molar-refractivity contribution in [2.75, 3.05) is 19.6 Å². The molecular weight excluding hydrogens is 266 g/mol. The highest BCUT2D eigenvalue weighted by Crippen LogP contribution is 2.15. The molecule has 0 aliphatic heterocycles. The van der Waals surface area contributed by atoms with Crippen LogP contribution in [0.1, 0.15) is 38.3 Å². The van der Waals surface area contributed by atoms with Crippen molar-refractivity contribution < 1.29 is 9.59 Å². The number of nitrogens with one attached hydrogen (secondary N) is 1. The van der Waals surface area contributed by atoms with Crippen LogP contribution in [0.3, 0.4) is 0 Å². The van der Waals surface area contributed by atoms with Crippen molar-refractivity contribution in [1.29, 1.82) is 0 Å². The van der Waals surface area contributed by atoms with Gasteiger partial charge in [-0.15, -0.1) is 0 Å². The van der Waals surface area contributed by atoms with E-state index in [4.69, 9.17) is 5.73 Å². The number of nitrogens with two attached hydrogens (primary N) is 1. The predicted molar refractivity (Wildman–Crippen MR) is 83.5 cm³/mol. The Morgan fingerprint density at radius 1 is 1.24 bits per heavy atom. The standard InChI is InChI=1S/C16H25N3O2/c1-3-18-15(20)12-19(4-2)16(21)11-10-14(17)13-8-6-5-7-9-13/h5-9,14H,3-4,10-12,17H2,1-2H3,(H,18,20). The monoisotopic (exact) mass is 291 g/mol. The maximum absolute atomic E-state index is 12.1. The smallest absolute Gasteiger partial charge is 0.239 e. The summed E-state index contributed by atoms with van der Waals surface area (Å²) in [6.07, 6.45) is 0.929. The summed E-state index contributed by atoms with van der Waals surface area (Å²) in [6, 6.07) is 9.57. The van der Waals surface area contributed by atoms with E-state index in [1.807, 2.05) is 44.2 Å². The van der Waals surface area contributed by atoms with E-state index in [1.54, 1.807) is 4.90 Å².